The Bertz CT molecular complexity index is 1530. The zero-order valence-corrected chi connectivity index (χ0v) is 18.9. The molecule has 170 valence electrons. The van der Waals surface area contributed by atoms with Crippen molar-refractivity contribution in [2.24, 2.45) is 14.1 Å². The van der Waals surface area contributed by atoms with Gasteiger partial charge in [0.1, 0.15) is 6.10 Å². The van der Waals surface area contributed by atoms with E-state index in [0.29, 0.717) is 28.8 Å². The van der Waals surface area contributed by atoms with Gasteiger partial charge in [-0.3, -0.25) is 13.9 Å². The summed E-state index contributed by atoms with van der Waals surface area (Å²) in [5.41, 5.74) is 1.98. The highest BCUT2D eigenvalue weighted by atomic mass is 16.5. The van der Waals surface area contributed by atoms with E-state index in [9.17, 15) is 19.8 Å². The molecule has 2 aromatic heterocycles. The number of nitrogens with zero attached hydrogens (tertiary/aromatic N) is 3. The molecule has 0 saturated carbocycles. The summed E-state index contributed by atoms with van der Waals surface area (Å²) in [5, 5.41) is 20.4. The first-order valence-electron chi connectivity index (χ1n) is 10.7. The number of hydrogen-bond donors (Lipinski definition) is 2. The lowest BCUT2D eigenvalue weighted by molar-refractivity contribution is -0.00716. The fourth-order valence-electron chi connectivity index (χ4n) is 4.82. The summed E-state index contributed by atoms with van der Waals surface area (Å²) in [6, 6.07) is 14.1. The Balaban J connectivity index is 2.00. The van der Waals surface area contributed by atoms with Gasteiger partial charge in [0.15, 0.2) is 11.5 Å². The number of hydrogen-bond acceptors (Lipinski definition) is 5. The summed E-state index contributed by atoms with van der Waals surface area (Å²) in [6.07, 6.45) is -0.665. The second kappa shape index (κ2) is 7.11. The van der Waals surface area contributed by atoms with Crippen LogP contribution in [0, 0.1) is 0 Å². The van der Waals surface area contributed by atoms with Gasteiger partial charge in [-0.05, 0) is 37.1 Å². The van der Waals surface area contributed by atoms with Crippen molar-refractivity contribution in [2.75, 3.05) is 6.61 Å². The number of phenols is 2. The average molecular weight is 447 g/mol. The summed E-state index contributed by atoms with van der Waals surface area (Å²) in [7, 11) is 3.12. The molecule has 2 aromatic carbocycles. The minimum atomic E-state index is -0.665. The first-order valence-corrected chi connectivity index (χ1v) is 10.7. The van der Waals surface area contributed by atoms with Crippen LogP contribution in [0.1, 0.15) is 31.2 Å². The molecule has 0 aliphatic carbocycles. The third-order valence-corrected chi connectivity index (χ3v) is 6.41. The number of fused-ring (bicyclic) bond motifs is 3. The van der Waals surface area contributed by atoms with E-state index in [1.165, 1.54) is 23.7 Å². The molecular formula is C25H25N3O5. The van der Waals surface area contributed by atoms with Gasteiger partial charge >= 0.3 is 5.69 Å². The highest BCUT2D eigenvalue weighted by Crippen LogP contribution is 2.46. The van der Waals surface area contributed by atoms with Crippen LogP contribution in [0.15, 0.2) is 58.1 Å². The zero-order chi connectivity index (χ0) is 23.7. The van der Waals surface area contributed by atoms with Crippen LogP contribution < -0.4 is 11.2 Å². The number of ether oxygens (including phenoxy) is 1. The molecule has 0 bridgehead atoms. The largest absolute Gasteiger partial charge is 0.504 e. The van der Waals surface area contributed by atoms with Gasteiger partial charge in [-0.2, -0.15) is 0 Å². The van der Waals surface area contributed by atoms with Gasteiger partial charge in [0.05, 0.1) is 34.4 Å². The van der Waals surface area contributed by atoms with Crippen LogP contribution >= 0.6 is 0 Å². The van der Waals surface area contributed by atoms with Crippen molar-refractivity contribution < 1.29 is 14.9 Å². The maximum absolute atomic E-state index is 13.5. The third-order valence-electron chi connectivity index (χ3n) is 6.41. The molecular weight excluding hydrogens is 422 g/mol. The van der Waals surface area contributed by atoms with Gasteiger partial charge in [0.2, 0.25) is 0 Å². The molecule has 5 rings (SSSR count). The van der Waals surface area contributed by atoms with E-state index in [0.717, 1.165) is 15.8 Å². The Labute approximate surface area is 189 Å². The van der Waals surface area contributed by atoms with Crippen LogP contribution in [-0.2, 0) is 24.4 Å². The number of rotatable bonds is 2. The van der Waals surface area contributed by atoms with E-state index >= 15 is 0 Å². The quantitative estimate of drug-likeness (QED) is 0.461. The fraction of sp³-hybridized carbons (Fsp3) is 0.280. The van der Waals surface area contributed by atoms with Crippen molar-refractivity contribution in [3.63, 3.8) is 0 Å². The van der Waals surface area contributed by atoms with Crippen molar-refractivity contribution in [1.29, 1.82) is 0 Å². The molecule has 0 saturated heterocycles. The van der Waals surface area contributed by atoms with Crippen LogP contribution in [0.2, 0.25) is 0 Å². The first kappa shape index (κ1) is 21.1. The molecule has 4 aromatic rings. The molecule has 1 aliphatic heterocycles. The van der Waals surface area contributed by atoms with Crippen LogP contribution in [0.25, 0.3) is 22.2 Å². The summed E-state index contributed by atoms with van der Waals surface area (Å²) < 4.78 is 11.0. The lowest BCUT2D eigenvalue weighted by Crippen LogP contribution is -2.40. The Morgan fingerprint density at radius 1 is 0.970 bits per heavy atom. The number of benzene rings is 2. The molecule has 33 heavy (non-hydrogen) atoms. The van der Waals surface area contributed by atoms with Crippen LogP contribution in [-0.4, -0.2) is 30.5 Å². The van der Waals surface area contributed by atoms with Gasteiger partial charge in [0, 0.05) is 14.1 Å². The molecule has 2 N–H and O–H groups in total. The Morgan fingerprint density at radius 2 is 1.67 bits per heavy atom. The normalized spacial score (nSPS) is 17.3. The number of aromatic nitrogens is 3. The first-order chi connectivity index (χ1) is 15.6. The van der Waals surface area contributed by atoms with E-state index in [4.69, 9.17) is 4.74 Å². The molecule has 1 aliphatic rings. The Hall–Kier alpha value is -3.78. The predicted octanol–water partition coefficient (Wildman–Crippen LogP) is 2.97. The van der Waals surface area contributed by atoms with Crippen molar-refractivity contribution in [3.8, 4) is 22.8 Å². The van der Waals surface area contributed by atoms with E-state index in [1.54, 1.807) is 13.1 Å². The Kier molecular flexibility index (Phi) is 4.54. The highest BCUT2D eigenvalue weighted by molar-refractivity contribution is 5.96. The average Bonchev–Trinajstić information content (AvgIpc) is 3.16. The lowest BCUT2D eigenvalue weighted by Gasteiger charge is -2.39. The maximum atomic E-state index is 13.5. The number of aromatic hydroxyl groups is 2. The summed E-state index contributed by atoms with van der Waals surface area (Å²) >= 11 is 0. The third kappa shape index (κ3) is 2.94. The minimum absolute atomic E-state index is 0.235. The van der Waals surface area contributed by atoms with E-state index < -0.39 is 17.3 Å². The SMILES string of the molecule is Cn1c(=O)c2c(-c3ccccc3)n3c(c2n(C)c1=O)[C@@H](c1ccc(O)c(O)c1)OCC3(C)C. The van der Waals surface area contributed by atoms with Crippen molar-refractivity contribution in [2.45, 2.75) is 25.5 Å². The number of aryl methyl sites for hydroxylation is 1. The van der Waals surface area contributed by atoms with Crippen molar-refractivity contribution in [1.82, 2.24) is 13.7 Å². The van der Waals surface area contributed by atoms with Gasteiger partial charge in [-0.1, -0.05) is 36.4 Å². The molecule has 0 amide bonds. The van der Waals surface area contributed by atoms with E-state index in [-0.39, 0.29) is 17.1 Å². The second-order valence-corrected chi connectivity index (χ2v) is 9.12. The lowest BCUT2D eigenvalue weighted by atomic mass is 9.97. The smallest absolute Gasteiger partial charge is 0.331 e. The summed E-state index contributed by atoms with van der Waals surface area (Å²) in [5.74, 6) is -0.502. The van der Waals surface area contributed by atoms with E-state index in [1.807, 2.05) is 44.2 Å². The molecule has 3 heterocycles. The number of phenolic OH excluding ortho intramolecular Hbond substituents is 2. The topological polar surface area (TPSA) is 98.6 Å². The van der Waals surface area contributed by atoms with Crippen LogP contribution in [0.3, 0.4) is 0 Å². The summed E-state index contributed by atoms with van der Waals surface area (Å²) in [6.45, 7) is 4.38. The molecule has 0 radical (unpaired) electrons. The van der Waals surface area contributed by atoms with Gasteiger partial charge in [-0.25, -0.2) is 4.79 Å². The van der Waals surface area contributed by atoms with Crippen LogP contribution in [0.5, 0.6) is 11.5 Å². The fourth-order valence-corrected chi connectivity index (χ4v) is 4.82. The predicted molar refractivity (Wildman–Crippen MR) is 125 cm³/mol. The van der Waals surface area contributed by atoms with E-state index in [2.05, 4.69) is 4.57 Å². The molecule has 0 unspecified atom stereocenters. The molecule has 0 spiro atoms. The Morgan fingerprint density at radius 3 is 2.33 bits per heavy atom. The maximum Gasteiger partial charge on any atom is 0.331 e. The molecule has 0 fully saturated rings. The van der Waals surface area contributed by atoms with Gasteiger partial charge < -0.3 is 19.5 Å². The highest BCUT2D eigenvalue weighted by Gasteiger charge is 2.40. The molecule has 8 nitrogen and oxygen atoms in total. The van der Waals surface area contributed by atoms with Crippen molar-refractivity contribution in [3.05, 3.63) is 80.6 Å². The van der Waals surface area contributed by atoms with Gasteiger partial charge in [0.25, 0.3) is 5.56 Å². The van der Waals surface area contributed by atoms with Crippen molar-refractivity contribution >= 4 is 10.9 Å². The second-order valence-electron chi connectivity index (χ2n) is 9.12. The molecule has 1 atom stereocenters. The summed E-state index contributed by atoms with van der Waals surface area (Å²) in [4.78, 5) is 26.4. The zero-order valence-electron chi connectivity index (χ0n) is 18.9. The van der Waals surface area contributed by atoms with Crippen LogP contribution in [0.4, 0.5) is 0 Å². The molecule has 8 heteroatoms. The standard InChI is InChI=1S/C25H25N3O5/c1-25(2)13-33-22(15-10-11-16(29)17(30)12-15)21-20-18(23(31)27(4)24(32)26(20)3)19(28(21)25)14-8-6-5-7-9-14/h5-12,22,29-30H,13H2,1-4H3/t22-/m1/s1. The minimum Gasteiger partial charge on any atom is -0.504 e. The van der Waals surface area contributed by atoms with Gasteiger partial charge in [-0.15, -0.1) is 0 Å². The monoisotopic (exact) mass is 447 g/mol.